The average molecular weight is 283 g/mol. The van der Waals surface area contributed by atoms with Gasteiger partial charge in [-0.3, -0.25) is 4.79 Å². The fourth-order valence-corrected chi connectivity index (χ4v) is 1.50. The van der Waals surface area contributed by atoms with Gasteiger partial charge in [-0.2, -0.15) is 0 Å². The molecule has 20 heavy (non-hydrogen) atoms. The van der Waals surface area contributed by atoms with Gasteiger partial charge in [-0.25, -0.2) is 0 Å². The molecule has 1 rings (SSSR count). The lowest BCUT2D eigenvalue weighted by Crippen LogP contribution is -2.37. The van der Waals surface area contributed by atoms with E-state index in [0.717, 1.165) is 13.0 Å². The van der Waals surface area contributed by atoms with Gasteiger partial charge >= 0.3 is 6.01 Å². The van der Waals surface area contributed by atoms with Crippen molar-refractivity contribution in [3.05, 3.63) is 5.89 Å². The molecule has 0 saturated carbocycles. The molecule has 0 saturated heterocycles. The average Bonchev–Trinajstić information content (AvgIpc) is 2.83. The Hall–Kier alpha value is -1.63. The van der Waals surface area contributed by atoms with Gasteiger partial charge in [-0.05, 0) is 25.8 Å². The molecule has 1 aromatic rings. The second kappa shape index (κ2) is 8.52. The fraction of sp³-hybridized carbons (Fsp3) is 0.769. The summed E-state index contributed by atoms with van der Waals surface area (Å²) in [6.45, 7) is 10.1. The minimum atomic E-state index is -0.404. The zero-order chi connectivity index (χ0) is 15.0. The van der Waals surface area contributed by atoms with E-state index in [2.05, 4.69) is 40.0 Å². The molecule has 1 atom stereocenters. The summed E-state index contributed by atoms with van der Waals surface area (Å²) < 4.78 is 5.41. The number of anilines is 1. The lowest BCUT2D eigenvalue weighted by atomic mass is 10.2. The normalized spacial score (nSPS) is 12.4. The Morgan fingerprint density at radius 1 is 1.30 bits per heavy atom. The van der Waals surface area contributed by atoms with Crippen LogP contribution in [0.4, 0.5) is 6.01 Å². The fourth-order valence-electron chi connectivity index (χ4n) is 1.50. The van der Waals surface area contributed by atoms with Crippen LogP contribution in [0.15, 0.2) is 4.42 Å². The summed E-state index contributed by atoms with van der Waals surface area (Å²) in [4.78, 5) is 11.7. The number of nitrogens with zero attached hydrogens (tertiary/aromatic N) is 2. The topological polar surface area (TPSA) is 92.1 Å². The number of rotatable bonds is 9. The Morgan fingerprint density at radius 2 is 2.05 bits per heavy atom. The second-order valence-electron chi connectivity index (χ2n) is 5.18. The van der Waals surface area contributed by atoms with Gasteiger partial charge in [0.1, 0.15) is 6.04 Å². The van der Waals surface area contributed by atoms with Crippen LogP contribution in [-0.4, -0.2) is 35.2 Å². The molecule has 1 amide bonds. The summed E-state index contributed by atoms with van der Waals surface area (Å²) in [5.41, 5.74) is 0. The smallest absolute Gasteiger partial charge is 0.316 e. The molecule has 0 aliphatic carbocycles. The van der Waals surface area contributed by atoms with Gasteiger partial charge < -0.3 is 20.4 Å². The Kier molecular flexibility index (Phi) is 7.00. The highest BCUT2D eigenvalue weighted by Crippen LogP contribution is 2.07. The highest BCUT2D eigenvalue weighted by Gasteiger charge is 2.15. The lowest BCUT2D eigenvalue weighted by Gasteiger charge is -2.11. The number of carbonyl (C=O) groups excluding carboxylic acids is 1. The van der Waals surface area contributed by atoms with Gasteiger partial charge in [0.15, 0.2) is 0 Å². The molecule has 3 N–H and O–H groups in total. The van der Waals surface area contributed by atoms with Crippen LogP contribution in [0.25, 0.3) is 0 Å². The third-order valence-corrected chi connectivity index (χ3v) is 2.58. The summed E-state index contributed by atoms with van der Waals surface area (Å²) >= 11 is 0. The van der Waals surface area contributed by atoms with Crippen LogP contribution in [0.5, 0.6) is 0 Å². The number of carbonyl (C=O) groups is 1. The van der Waals surface area contributed by atoms with Crippen molar-refractivity contribution in [3.8, 4) is 0 Å². The molecule has 0 aromatic carbocycles. The number of nitrogens with one attached hydrogen (secondary N) is 3. The molecule has 0 bridgehead atoms. The summed E-state index contributed by atoms with van der Waals surface area (Å²) in [5.74, 6) is 0.997. The number of aromatic nitrogens is 2. The van der Waals surface area contributed by atoms with E-state index in [9.17, 15) is 4.79 Å². The minimum absolute atomic E-state index is 0.0791. The van der Waals surface area contributed by atoms with Crippen molar-refractivity contribution in [2.45, 2.75) is 46.7 Å². The van der Waals surface area contributed by atoms with E-state index in [1.165, 1.54) is 0 Å². The van der Waals surface area contributed by atoms with Crippen molar-refractivity contribution < 1.29 is 9.21 Å². The predicted octanol–water partition coefficient (Wildman–Crippen LogP) is 1.14. The first-order chi connectivity index (χ1) is 9.52. The minimum Gasteiger partial charge on any atom is -0.407 e. The summed E-state index contributed by atoms with van der Waals surface area (Å²) in [6, 6.07) is -0.135. The van der Waals surface area contributed by atoms with E-state index in [1.54, 1.807) is 6.92 Å². The molecule has 7 nitrogen and oxygen atoms in total. The molecule has 0 aliphatic heterocycles. The van der Waals surface area contributed by atoms with Gasteiger partial charge in [-0.15, -0.1) is 5.10 Å². The van der Waals surface area contributed by atoms with Gasteiger partial charge in [0.25, 0.3) is 0 Å². The van der Waals surface area contributed by atoms with Crippen molar-refractivity contribution in [2.75, 3.05) is 18.4 Å². The number of hydrogen-bond donors (Lipinski definition) is 3. The predicted molar refractivity (Wildman–Crippen MR) is 77.2 cm³/mol. The van der Waals surface area contributed by atoms with Gasteiger partial charge in [0, 0.05) is 6.54 Å². The highest BCUT2D eigenvalue weighted by atomic mass is 16.4. The van der Waals surface area contributed by atoms with Crippen LogP contribution in [0.2, 0.25) is 0 Å². The van der Waals surface area contributed by atoms with E-state index in [4.69, 9.17) is 4.42 Å². The Morgan fingerprint density at radius 3 is 2.70 bits per heavy atom. The van der Waals surface area contributed by atoms with Crippen LogP contribution < -0.4 is 16.0 Å². The molecule has 114 valence electrons. The van der Waals surface area contributed by atoms with Crippen LogP contribution in [-0.2, 0) is 11.3 Å². The molecule has 0 fully saturated rings. The van der Waals surface area contributed by atoms with Crippen LogP contribution in [0.1, 0.15) is 40.0 Å². The first-order valence-corrected chi connectivity index (χ1v) is 7.10. The molecule has 1 heterocycles. The molecule has 0 radical (unpaired) electrons. The molecular weight excluding hydrogens is 258 g/mol. The van der Waals surface area contributed by atoms with Crippen molar-refractivity contribution in [3.63, 3.8) is 0 Å². The largest absolute Gasteiger partial charge is 0.407 e. The lowest BCUT2D eigenvalue weighted by molar-refractivity contribution is -0.121. The van der Waals surface area contributed by atoms with Crippen molar-refractivity contribution in [2.24, 2.45) is 5.92 Å². The van der Waals surface area contributed by atoms with E-state index in [0.29, 0.717) is 24.9 Å². The highest BCUT2D eigenvalue weighted by molar-refractivity contribution is 5.83. The van der Waals surface area contributed by atoms with E-state index in [-0.39, 0.29) is 11.9 Å². The maximum atomic E-state index is 11.7. The van der Waals surface area contributed by atoms with Crippen LogP contribution in [0, 0.1) is 5.92 Å². The standard InChI is InChI=1S/C13H25N5O2/c1-5-6-15-12(19)10(4)16-13-18-17-11(20-13)8-14-7-9(2)3/h9-10,14H,5-8H2,1-4H3,(H,15,19)(H,16,18). The van der Waals surface area contributed by atoms with Crippen molar-refractivity contribution >= 4 is 11.9 Å². The number of amides is 1. The maximum Gasteiger partial charge on any atom is 0.316 e. The van der Waals surface area contributed by atoms with Crippen LogP contribution in [0.3, 0.4) is 0 Å². The SMILES string of the molecule is CCCNC(=O)C(C)Nc1nnc(CNCC(C)C)o1. The summed E-state index contributed by atoms with van der Waals surface area (Å²) in [5, 5.41) is 16.7. The van der Waals surface area contributed by atoms with E-state index in [1.807, 2.05) is 6.92 Å². The Labute approximate surface area is 119 Å². The van der Waals surface area contributed by atoms with Gasteiger partial charge in [0.2, 0.25) is 11.8 Å². The molecular formula is C13H25N5O2. The number of hydrogen-bond acceptors (Lipinski definition) is 6. The summed E-state index contributed by atoms with van der Waals surface area (Å²) in [6.07, 6.45) is 0.907. The van der Waals surface area contributed by atoms with E-state index < -0.39 is 6.04 Å². The molecule has 1 unspecified atom stereocenters. The molecule has 7 heteroatoms. The molecule has 0 aliphatic rings. The quantitative estimate of drug-likeness (QED) is 0.629. The Bertz CT molecular complexity index is 405. The van der Waals surface area contributed by atoms with Crippen molar-refractivity contribution in [1.29, 1.82) is 0 Å². The second-order valence-corrected chi connectivity index (χ2v) is 5.18. The zero-order valence-corrected chi connectivity index (χ0v) is 12.7. The maximum absolute atomic E-state index is 11.7. The summed E-state index contributed by atoms with van der Waals surface area (Å²) in [7, 11) is 0. The third kappa shape index (κ3) is 6.01. The first-order valence-electron chi connectivity index (χ1n) is 7.10. The molecule has 0 spiro atoms. The third-order valence-electron chi connectivity index (χ3n) is 2.58. The van der Waals surface area contributed by atoms with Crippen molar-refractivity contribution in [1.82, 2.24) is 20.8 Å². The zero-order valence-electron chi connectivity index (χ0n) is 12.7. The monoisotopic (exact) mass is 283 g/mol. The first kappa shape index (κ1) is 16.4. The Balaban J connectivity index is 2.37. The van der Waals surface area contributed by atoms with Crippen LogP contribution >= 0.6 is 0 Å². The van der Waals surface area contributed by atoms with Gasteiger partial charge in [0.05, 0.1) is 6.54 Å². The molecule has 1 aromatic heterocycles. The van der Waals surface area contributed by atoms with E-state index >= 15 is 0 Å². The van der Waals surface area contributed by atoms with Gasteiger partial charge in [-0.1, -0.05) is 25.9 Å².